The third kappa shape index (κ3) is 4.91. The highest BCUT2D eigenvalue weighted by atomic mass is 16.2. The van der Waals surface area contributed by atoms with Crippen LogP contribution >= 0.6 is 0 Å². The van der Waals surface area contributed by atoms with Crippen LogP contribution < -0.4 is 21.7 Å². The van der Waals surface area contributed by atoms with Crippen LogP contribution in [-0.4, -0.2) is 27.8 Å². The first-order valence-corrected chi connectivity index (χ1v) is 9.67. The van der Waals surface area contributed by atoms with Gasteiger partial charge in [-0.15, -0.1) is 0 Å². The predicted octanol–water partition coefficient (Wildman–Crippen LogP) is 3.32. The van der Waals surface area contributed by atoms with Crippen molar-refractivity contribution in [3.05, 3.63) is 60.2 Å². The van der Waals surface area contributed by atoms with Gasteiger partial charge in [0.1, 0.15) is 5.82 Å². The molecule has 1 aliphatic carbocycles. The fourth-order valence-corrected chi connectivity index (χ4v) is 2.95. The zero-order chi connectivity index (χ0) is 21.1. The number of hydrogen-bond donors (Lipinski definition) is 4. The molecule has 1 heterocycles. The van der Waals surface area contributed by atoms with Crippen LogP contribution in [0.2, 0.25) is 0 Å². The predicted molar refractivity (Wildman–Crippen MR) is 116 cm³/mol. The molecule has 0 bridgehead atoms. The maximum Gasteiger partial charge on any atom is 0.251 e. The van der Waals surface area contributed by atoms with E-state index < -0.39 is 0 Å². The summed E-state index contributed by atoms with van der Waals surface area (Å²) in [6.45, 7) is 1.46. The minimum Gasteiger partial charge on any atom is -0.368 e. The van der Waals surface area contributed by atoms with Crippen molar-refractivity contribution >= 4 is 35.0 Å². The first kappa shape index (κ1) is 19.4. The van der Waals surface area contributed by atoms with Gasteiger partial charge in [-0.2, -0.15) is 4.98 Å². The molecule has 1 fully saturated rings. The summed E-state index contributed by atoms with van der Waals surface area (Å²) in [7, 11) is 0. The van der Waals surface area contributed by atoms with Crippen molar-refractivity contribution < 1.29 is 9.59 Å². The molecule has 1 aromatic heterocycles. The summed E-state index contributed by atoms with van der Waals surface area (Å²) in [6, 6.07) is 16.6. The van der Waals surface area contributed by atoms with Crippen molar-refractivity contribution in [2.45, 2.75) is 25.8 Å². The molecule has 30 heavy (non-hydrogen) atoms. The molecule has 0 saturated heterocycles. The van der Waals surface area contributed by atoms with Gasteiger partial charge in [-0.1, -0.05) is 12.1 Å². The van der Waals surface area contributed by atoms with E-state index in [2.05, 4.69) is 25.9 Å². The van der Waals surface area contributed by atoms with Crippen LogP contribution in [-0.2, 0) is 4.79 Å². The molecule has 1 aliphatic rings. The molecule has 152 valence electrons. The van der Waals surface area contributed by atoms with E-state index in [4.69, 9.17) is 5.73 Å². The second kappa shape index (κ2) is 8.20. The molecule has 2 amide bonds. The van der Waals surface area contributed by atoms with E-state index in [1.165, 1.54) is 6.92 Å². The molecule has 1 saturated carbocycles. The number of nitrogens with one attached hydrogen (secondary N) is 3. The minimum atomic E-state index is -0.125. The Kier molecular flexibility index (Phi) is 5.30. The van der Waals surface area contributed by atoms with Crippen LogP contribution in [0.4, 0.5) is 23.1 Å². The number of amides is 2. The maximum absolute atomic E-state index is 12.1. The topological polar surface area (TPSA) is 122 Å². The molecular weight excluding hydrogens is 380 g/mol. The minimum absolute atomic E-state index is 0.0590. The molecule has 0 unspecified atom stereocenters. The second-order valence-electron chi connectivity index (χ2n) is 7.21. The number of nitrogen functional groups attached to an aromatic ring is 1. The summed E-state index contributed by atoms with van der Waals surface area (Å²) >= 11 is 0. The Hall–Kier alpha value is -3.94. The van der Waals surface area contributed by atoms with Gasteiger partial charge in [0.15, 0.2) is 0 Å². The standard InChI is InChI=1S/C22H22N6O2/c1-13(29)24-16-6-8-17(9-7-16)25-20-12-19(27-22(23)28-20)14-2-4-15(5-3-14)21(30)26-18-10-11-18/h2-9,12,18H,10-11H2,1H3,(H,24,29)(H,26,30)(H3,23,25,27,28). The molecule has 0 spiro atoms. The van der Waals surface area contributed by atoms with Crippen LogP contribution in [0.15, 0.2) is 54.6 Å². The largest absolute Gasteiger partial charge is 0.368 e. The van der Waals surface area contributed by atoms with Crippen LogP contribution in [0.1, 0.15) is 30.1 Å². The molecule has 0 aliphatic heterocycles. The lowest BCUT2D eigenvalue weighted by Gasteiger charge is -2.10. The monoisotopic (exact) mass is 402 g/mol. The number of aromatic nitrogens is 2. The number of rotatable bonds is 6. The van der Waals surface area contributed by atoms with Gasteiger partial charge in [-0.25, -0.2) is 4.98 Å². The summed E-state index contributed by atoms with van der Waals surface area (Å²) in [5.74, 6) is 0.497. The van der Waals surface area contributed by atoms with Crippen molar-refractivity contribution in [3.63, 3.8) is 0 Å². The number of carbonyl (C=O) groups is 2. The Morgan fingerprint density at radius 2 is 1.63 bits per heavy atom. The maximum atomic E-state index is 12.1. The SMILES string of the molecule is CC(=O)Nc1ccc(Nc2cc(-c3ccc(C(=O)NC4CC4)cc3)nc(N)n2)cc1. The average Bonchev–Trinajstić information content (AvgIpc) is 3.53. The van der Waals surface area contributed by atoms with Gasteiger partial charge in [0.2, 0.25) is 11.9 Å². The van der Waals surface area contributed by atoms with Crippen LogP contribution in [0, 0.1) is 0 Å². The van der Waals surface area contributed by atoms with Gasteiger partial charge in [0.25, 0.3) is 5.91 Å². The van der Waals surface area contributed by atoms with Crippen molar-refractivity contribution in [3.8, 4) is 11.3 Å². The zero-order valence-electron chi connectivity index (χ0n) is 16.5. The molecule has 8 heteroatoms. The van der Waals surface area contributed by atoms with Crippen molar-refractivity contribution in [1.82, 2.24) is 15.3 Å². The van der Waals surface area contributed by atoms with Crippen molar-refractivity contribution in [2.75, 3.05) is 16.4 Å². The lowest BCUT2D eigenvalue weighted by atomic mass is 10.1. The molecule has 0 radical (unpaired) electrons. The summed E-state index contributed by atoms with van der Waals surface area (Å²) in [4.78, 5) is 31.8. The van der Waals surface area contributed by atoms with E-state index in [1.807, 2.05) is 24.3 Å². The smallest absolute Gasteiger partial charge is 0.251 e. The van der Waals surface area contributed by atoms with E-state index in [0.29, 0.717) is 28.8 Å². The Morgan fingerprint density at radius 1 is 0.967 bits per heavy atom. The Morgan fingerprint density at radius 3 is 2.27 bits per heavy atom. The third-order valence-electron chi connectivity index (χ3n) is 4.58. The average molecular weight is 402 g/mol. The molecule has 2 aromatic carbocycles. The normalized spacial score (nSPS) is 12.8. The van der Waals surface area contributed by atoms with E-state index in [9.17, 15) is 9.59 Å². The van der Waals surface area contributed by atoms with Gasteiger partial charge in [-0.05, 0) is 49.2 Å². The van der Waals surface area contributed by atoms with Gasteiger partial charge >= 0.3 is 0 Å². The van der Waals surface area contributed by atoms with Crippen LogP contribution in [0.3, 0.4) is 0 Å². The van der Waals surface area contributed by atoms with Gasteiger partial charge in [0.05, 0.1) is 5.69 Å². The van der Waals surface area contributed by atoms with Gasteiger partial charge in [0, 0.05) is 41.5 Å². The number of anilines is 4. The second-order valence-corrected chi connectivity index (χ2v) is 7.21. The Bertz CT molecular complexity index is 1080. The van der Waals surface area contributed by atoms with Crippen LogP contribution in [0.25, 0.3) is 11.3 Å². The molecule has 8 nitrogen and oxygen atoms in total. The summed E-state index contributed by atoms with van der Waals surface area (Å²) < 4.78 is 0. The lowest BCUT2D eigenvalue weighted by molar-refractivity contribution is -0.114. The van der Waals surface area contributed by atoms with E-state index in [1.54, 1.807) is 30.3 Å². The highest BCUT2D eigenvalue weighted by Crippen LogP contribution is 2.25. The first-order valence-electron chi connectivity index (χ1n) is 9.67. The number of benzene rings is 2. The van der Waals surface area contributed by atoms with E-state index >= 15 is 0 Å². The number of hydrogen-bond acceptors (Lipinski definition) is 6. The summed E-state index contributed by atoms with van der Waals surface area (Å²) in [5.41, 5.74) is 9.49. The highest BCUT2D eigenvalue weighted by molar-refractivity contribution is 5.95. The third-order valence-corrected chi connectivity index (χ3v) is 4.58. The van der Waals surface area contributed by atoms with Gasteiger partial charge in [-0.3, -0.25) is 9.59 Å². The zero-order valence-corrected chi connectivity index (χ0v) is 16.5. The quantitative estimate of drug-likeness (QED) is 0.502. The van der Waals surface area contributed by atoms with E-state index in [0.717, 1.165) is 24.1 Å². The molecule has 4 rings (SSSR count). The molecule has 3 aromatic rings. The van der Waals surface area contributed by atoms with Crippen molar-refractivity contribution in [1.29, 1.82) is 0 Å². The molecular formula is C22H22N6O2. The summed E-state index contributed by atoms with van der Waals surface area (Å²) in [5, 5.41) is 8.88. The fourth-order valence-electron chi connectivity index (χ4n) is 2.95. The van der Waals surface area contributed by atoms with Crippen LogP contribution in [0.5, 0.6) is 0 Å². The van der Waals surface area contributed by atoms with E-state index in [-0.39, 0.29) is 17.8 Å². The Labute approximate surface area is 173 Å². The van der Waals surface area contributed by atoms with Crippen molar-refractivity contribution in [2.24, 2.45) is 0 Å². The number of nitrogens with zero attached hydrogens (tertiary/aromatic N) is 2. The fraction of sp³-hybridized carbons (Fsp3) is 0.182. The lowest BCUT2D eigenvalue weighted by Crippen LogP contribution is -2.25. The first-order chi connectivity index (χ1) is 14.5. The number of carbonyl (C=O) groups excluding carboxylic acids is 2. The van der Waals surface area contributed by atoms with Gasteiger partial charge < -0.3 is 21.7 Å². The highest BCUT2D eigenvalue weighted by Gasteiger charge is 2.23. The molecule has 0 atom stereocenters. The summed E-state index contributed by atoms with van der Waals surface area (Å²) in [6.07, 6.45) is 2.10. The number of nitrogens with two attached hydrogens (primary N) is 1. The molecule has 5 N–H and O–H groups in total. The Balaban J connectivity index is 1.50.